The van der Waals surface area contributed by atoms with E-state index in [4.69, 9.17) is 18.9 Å². The van der Waals surface area contributed by atoms with E-state index in [2.05, 4.69) is 0 Å². The normalized spacial score (nSPS) is 22.9. The molecular weight excluding hydrogens is 508 g/mol. The molecule has 1 N–H and O–H groups in total. The molecule has 1 heterocycles. The lowest BCUT2D eigenvalue weighted by Gasteiger charge is -2.44. The van der Waals surface area contributed by atoms with Crippen LogP contribution in [0, 0.1) is 0 Å². The van der Waals surface area contributed by atoms with Crippen LogP contribution >= 0.6 is 11.8 Å². The number of hydrogen-bond acceptors (Lipinski definition) is 6. The van der Waals surface area contributed by atoms with Gasteiger partial charge in [-0.05, 0) is 28.8 Å². The largest absolute Gasteiger partial charge is 0.387 e. The molecule has 0 amide bonds. The first-order valence-electron chi connectivity index (χ1n) is 13.2. The zero-order valence-electron chi connectivity index (χ0n) is 21.8. The summed E-state index contributed by atoms with van der Waals surface area (Å²) < 4.78 is 25.4. The number of aliphatic hydroxyl groups is 1. The zero-order chi connectivity index (χ0) is 26.7. The van der Waals surface area contributed by atoms with Crippen molar-refractivity contribution in [2.24, 2.45) is 0 Å². The predicted octanol–water partition coefficient (Wildman–Crippen LogP) is 6.25. The zero-order valence-corrected chi connectivity index (χ0v) is 22.6. The molecule has 202 valence electrons. The van der Waals surface area contributed by atoms with Crippen molar-refractivity contribution < 1.29 is 24.1 Å². The smallest absolute Gasteiger partial charge is 0.137 e. The second-order valence-corrected chi connectivity index (χ2v) is 10.7. The number of hydrogen-bond donors (Lipinski definition) is 1. The van der Waals surface area contributed by atoms with Crippen LogP contribution in [0.15, 0.2) is 126 Å². The molecular formula is C33H34O5S. The molecule has 1 saturated heterocycles. The Balaban J connectivity index is 1.35. The summed E-state index contributed by atoms with van der Waals surface area (Å²) in [6.07, 6.45) is -2.64. The van der Waals surface area contributed by atoms with Crippen LogP contribution in [0.2, 0.25) is 0 Å². The van der Waals surface area contributed by atoms with Crippen LogP contribution < -0.4 is 0 Å². The highest BCUT2D eigenvalue weighted by molar-refractivity contribution is 7.99. The standard InChI is InChI=1S/C33H34O5S/c34-30-31(36-22-26-15-7-2-8-16-26)29(24-35-21-25-13-5-1-6-14-25)38-33(39-28-19-11-4-12-20-28)32(30)37-23-27-17-9-3-10-18-27/h1-20,29-34H,21-24H2/t29?,30-,31+,32?,33-/m0/s1. The summed E-state index contributed by atoms with van der Waals surface area (Å²) in [7, 11) is 0. The Bertz CT molecular complexity index is 1220. The van der Waals surface area contributed by atoms with E-state index in [-0.39, 0.29) is 6.61 Å². The summed E-state index contributed by atoms with van der Waals surface area (Å²) in [5, 5.41) is 11.7. The van der Waals surface area contributed by atoms with Gasteiger partial charge < -0.3 is 24.1 Å². The molecule has 0 aliphatic carbocycles. The van der Waals surface area contributed by atoms with Gasteiger partial charge in [0.15, 0.2) is 0 Å². The fraction of sp³-hybridized carbons (Fsp3) is 0.273. The van der Waals surface area contributed by atoms with Gasteiger partial charge in [0.2, 0.25) is 0 Å². The molecule has 6 heteroatoms. The van der Waals surface area contributed by atoms with E-state index in [1.807, 2.05) is 121 Å². The van der Waals surface area contributed by atoms with E-state index in [0.29, 0.717) is 19.8 Å². The van der Waals surface area contributed by atoms with Crippen molar-refractivity contribution in [3.63, 3.8) is 0 Å². The summed E-state index contributed by atoms with van der Waals surface area (Å²) >= 11 is 1.54. The van der Waals surface area contributed by atoms with Gasteiger partial charge in [0, 0.05) is 4.90 Å². The van der Waals surface area contributed by atoms with Crippen LogP contribution in [0.5, 0.6) is 0 Å². The van der Waals surface area contributed by atoms with Gasteiger partial charge in [-0.15, -0.1) is 0 Å². The number of rotatable bonds is 12. The molecule has 2 unspecified atom stereocenters. The van der Waals surface area contributed by atoms with Gasteiger partial charge in [0.25, 0.3) is 0 Å². The molecule has 4 aromatic rings. The van der Waals surface area contributed by atoms with Crippen LogP contribution in [0.1, 0.15) is 16.7 Å². The highest BCUT2D eigenvalue weighted by Gasteiger charge is 2.47. The van der Waals surface area contributed by atoms with Crippen molar-refractivity contribution in [1.82, 2.24) is 0 Å². The average Bonchev–Trinajstić information content (AvgIpc) is 2.99. The molecule has 0 aromatic heterocycles. The van der Waals surface area contributed by atoms with Crippen LogP contribution in [0.25, 0.3) is 0 Å². The number of aliphatic hydroxyl groups excluding tert-OH is 1. The maximum atomic E-state index is 11.7. The molecule has 5 nitrogen and oxygen atoms in total. The lowest BCUT2D eigenvalue weighted by atomic mass is 9.99. The fourth-order valence-electron chi connectivity index (χ4n) is 4.54. The van der Waals surface area contributed by atoms with Crippen LogP contribution in [-0.4, -0.2) is 41.6 Å². The van der Waals surface area contributed by atoms with Crippen molar-refractivity contribution in [3.8, 4) is 0 Å². The lowest BCUT2D eigenvalue weighted by molar-refractivity contribution is -0.240. The van der Waals surface area contributed by atoms with E-state index < -0.39 is 29.9 Å². The first kappa shape index (κ1) is 27.6. The van der Waals surface area contributed by atoms with E-state index in [9.17, 15) is 5.11 Å². The minimum Gasteiger partial charge on any atom is -0.387 e. The summed E-state index contributed by atoms with van der Waals surface area (Å²) in [6, 6.07) is 40.0. The quantitative estimate of drug-likeness (QED) is 0.228. The first-order valence-corrected chi connectivity index (χ1v) is 14.1. The number of thioether (sulfide) groups is 1. The molecule has 0 spiro atoms. The summed E-state index contributed by atoms with van der Waals surface area (Å²) in [5.41, 5.74) is 2.68. The second-order valence-electron chi connectivity index (χ2n) is 9.49. The fourth-order valence-corrected chi connectivity index (χ4v) is 5.70. The Labute approximate surface area is 234 Å². The summed E-state index contributed by atoms with van der Waals surface area (Å²) in [4.78, 5) is 1.04. The molecule has 0 bridgehead atoms. The molecule has 5 atom stereocenters. The Morgan fingerprint density at radius 3 is 1.59 bits per heavy atom. The van der Waals surface area contributed by atoms with Crippen molar-refractivity contribution in [3.05, 3.63) is 138 Å². The van der Waals surface area contributed by atoms with Crippen LogP contribution in [0.4, 0.5) is 0 Å². The molecule has 39 heavy (non-hydrogen) atoms. The number of benzene rings is 4. The molecule has 1 fully saturated rings. The SMILES string of the molecule is O[C@@H]1C(OCc2ccccc2)[C@H](Sc2ccccc2)OC(COCc2ccccc2)[C@H]1OCc1ccccc1. The highest BCUT2D eigenvalue weighted by Crippen LogP contribution is 2.36. The highest BCUT2D eigenvalue weighted by atomic mass is 32.2. The van der Waals surface area contributed by atoms with Crippen LogP contribution in [0.3, 0.4) is 0 Å². The van der Waals surface area contributed by atoms with E-state index in [0.717, 1.165) is 21.6 Å². The molecule has 1 aliphatic heterocycles. The Kier molecular flexibility index (Phi) is 10.2. The van der Waals surface area contributed by atoms with Crippen molar-refractivity contribution in [2.45, 2.75) is 54.6 Å². The Morgan fingerprint density at radius 2 is 1.05 bits per heavy atom. The predicted molar refractivity (Wildman–Crippen MR) is 153 cm³/mol. The number of ether oxygens (including phenoxy) is 4. The minimum atomic E-state index is -0.919. The van der Waals surface area contributed by atoms with Crippen molar-refractivity contribution in [2.75, 3.05) is 6.61 Å². The molecule has 5 rings (SSSR count). The van der Waals surface area contributed by atoms with Gasteiger partial charge in [-0.2, -0.15) is 0 Å². The van der Waals surface area contributed by atoms with Crippen molar-refractivity contribution >= 4 is 11.8 Å². The maximum absolute atomic E-state index is 11.7. The van der Waals surface area contributed by atoms with Gasteiger partial charge in [0.05, 0.1) is 26.4 Å². The average molecular weight is 543 g/mol. The molecule has 0 radical (unpaired) electrons. The Morgan fingerprint density at radius 1 is 0.590 bits per heavy atom. The monoisotopic (exact) mass is 542 g/mol. The Hall–Kier alpha value is -2.97. The third-order valence-electron chi connectivity index (χ3n) is 6.58. The maximum Gasteiger partial charge on any atom is 0.137 e. The van der Waals surface area contributed by atoms with Gasteiger partial charge in [0.1, 0.15) is 29.9 Å². The van der Waals surface area contributed by atoms with Gasteiger partial charge in [-0.3, -0.25) is 0 Å². The second kappa shape index (κ2) is 14.4. The molecule has 1 aliphatic rings. The van der Waals surface area contributed by atoms with Crippen LogP contribution in [-0.2, 0) is 38.8 Å². The van der Waals surface area contributed by atoms with Crippen molar-refractivity contribution in [1.29, 1.82) is 0 Å². The molecule has 4 aromatic carbocycles. The lowest BCUT2D eigenvalue weighted by Crippen LogP contribution is -2.59. The first-order chi connectivity index (χ1) is 19.3. The van der Waals surface area contributed by atoms with Gasteiger partial charge >= 0.3 is 0 Å². The summed E-state index contributed by atoms with van der Waals surface area (Å²) in [5.74, 6) is 0. The van der Waals surface area contributed by atoms with E-state index >= 15 is 0 Å². The third-order valence-corrected chi connectivity index (χ3v) is 7.73. The third kappa shape index (κ3) is 8.02. The van der Waals surface area contributed by atoms with Gasteiger partial charge in [-0.25, -0.2) is 0 Å². The molecule has 0 saturated carbocycles. The minimum absolute atomic E-state index is 0.280. The van der Waals surface area contributed by atoms with Gasteiger partial charge in [-0.1, -0.05) is 121 Å². The van der Waals surface area contributed by atoms with E-state index in [1.54, 1.807) is 11.8 Å². The topological polar surface area (TPSA) is 57.2 Å². The summed E-state index contributed by atoms with van der Waals surface area (Å²) in [6.45, 7) is 1.44. The van der Waals surface area contributed by atoms with E-state index in [1.165, 1.54) is 0 Å².